The Morgan fingerprint density at radius 3 is 1.39 bits per heavy atom. The van der Waals surface area contributed by atoms with Crippen LogP contribution in [0.1, 0.15) is 138 Å². The Bertz CT molecular complexity index is 2790. The average molecular weight is 779 g/mol. The number of hydrogen-bond donors (Lipinski definition) is 0. The average Bonchev–Trinajstić information content (AvgIpc) is 3.68. The summed E-state index contributed by atoms with van der Waals surface area (Å²) >= 11 is 0. The van der Waals surface area contributed by atoms with Gasteiger partial charge in [0.25, 0.3) is 0 Å². The lowest BCUT2D eigenvalue weighted by atomic mass is 9.78. The molecule has 6 aromatic carbocycles. The zero-order chi connectivity index (χ0) is 42.6. The van der Waals surface area contributed by atoms with Gasteiger partial charge in [-0.2, -0.15) is 0 Å². The molecule has 0 spiro atoms. The molecular formula is C57H66N2. The van der Waals surface area contributed by atoms with E-state index in [0.717, 1.165) is 6.42 Å². The number of fused-ring (bicyclic) bond motifs is 6. The molecule has 59 heavy (non-hydrogen) atoms. The zero-order valence-corrected chi connectivity index (χ0v) is 38.6. The first-order valence-corrected chi connectivity index (χ1v) is 21.9. The highest BCUT2D eigenvalue weighted by Gasteiger charge is 2.32. The topological polar surface area (TPSA) is 9.86 Å². The van der Waals surface area contributed by atoms with Gasteiger partial charge < -0.3 is 9.13 Å². The SMILES string of the molecule is CCC(C)(C)c1c(-n2c3ccc(C(C)(C)C)cc3c3cc(C(C)(C)C)ccc32)ccc2c1c1c(-c3ccccc3)cccc1n2-c1cc(C(C)(C)C)cc(C(C)(C)C)c1. The third-order valence-corrected chi connectivity index (χ3v) is 13.2. The molecule has 0 radical (unpaired) electrons. The molecule has 0 aliphatic rings. The number of rotatable bonds is 5. The van der Waals surface area contributed by atoms with Crippen molar-refractivity contribution >= 4 is 43.6 Å². The lowest BCUT2D eigenvalue weighted by Gasteiger charge is -2.29. The molecule has 2 heterocycles. The van der Waals surface area contributed by atoms with Crippen LogP contribution in [0.5, 0.6) is 0 Å². The highest BCUT2D eigenvalue weighted by atomic mass is 15.0. The predicted molar refractivity (Wildman–Crippen MR) is 259 cm³/mol. The summed E-state index contributed by atoms with van der Waals surface area (Å²) in [6, 6.07) is 44.6. The van der Waals surface area contributed by atoms with Gasteiger partial charge >= 0.3 is 0 Å². The minimum atomic E-state index is -0.165. The molecule has 0 aliphatic heterocycles. The van der Waals surface area contributed by atoms with Crippen molar-refractivity contribution in [2.45, 2.75) is 137 Å². The molecular weight excluding hydrogens is 713 g/mol. The summed E-state index contributed by atoms with van der Waals surface area (Å²) in [6.45, 7) is 35.3. The highest BCUT2D eigenvalue weighted by molar-refractivity contribution is 6.19. The van der Waals surface area contributed by atoms with E-state index in [1.54, 1.807) is 0 Å². The fourth-order valence-electron chi connectivity index (χ4n) is 9.15. The smallest absolute Gasteiger partial charge is 0.0547 e. The zero-order valence-electron chi connectivity index (χ0n) is 38.6. The van der Waals surface area contributed by atoms with E-state index in [1.807, 2.05) is 0 Å². The summed E-state index contributed by atoms with van der Waals surface area (Å²) in [4.78, 5) is 0. The Morgan fingerprint density at radius 1 is 0.407 bits per heavy atom. The van der Waals surface area contributed by atoms with Crippen LogP contribution in [-0.2, 0) is 27.1 Å². The third kappa shape index (κ3) is 6.91. The predicted octanol–water partition coefficient (Wildman–Crippen LogP) is 16.4. The Kier molecular flexibility index (Phi) is 9.47. The summed E-state index contributed by atoms with van der Waals surface area (Å²) in [5.74, 6) is 0. The van der Waals surface area contributed by atoms with Crippen molar-refractivity contribution in [3.63, 3.8) is 0 Å². The second-order valence-corrected chi connectivity index (χ2v) is 22.1. The van der Waals surface area contributed by atoms with Crippen molar-refractivity contribution in [2.24, 2.45) is 0 Å². The molecule has 0 saturated carbocycles. The lowest BCUT2D eigenvalue weighted by Crippen LogP contribution is -2.19. The standard InChI is InChI=1S/C57H66N2/c1-16-57(14,15)52-49(59-45-27-25-37(53(2,3)4)34-43(45)44-35-38(54(5,6)7)26-28-46(44)59)30-29-48-51(52)50-42(36-21-18-17-19-22-36)23-20-24-47(50)58(48)41-32-39(55(8,9)10)31-40(33-41)56(11,12)13/h17-35H,16H2,1-15H3. The maximum Gasteiger partial charge on any atom is 0.0547 e. The van der Waals surface area contributed by atoms with Crippen LogP contribution in [0.25, 0.3) is 66.1 Å². The third-order valence-electron chi connectivity index (χ3n) is 13.2. The fraction of sp³-hybridized carbons (Fsp3) is 0.368. The van der Waals surface area contributed by atoms with E-state index in [-0.39, 0.29) is 27.1 Å². The van der Waals surface area contributed by atoms with Crippen molar-refractivity contribution in [2.75, 3.05) is 0 Å². The van der Waals surface area contributed by atoms with Crippen LogP contribution < -0.4 is 0 Å². The molecule has 0 N–H and O–H groups in total. The van der Waals surface area contributed by atoms with E-state index >= 15 is 0 Å². The van der Waals surface area contributed by atoms with Gasteiger partial charge in [-0.3, -0.25) is 0 Å². The highest BCUT2D eigenvalue weighted by Crippen LogP contribution is 2.48. The maximum absolute atomic E-state index is 2.60. The molecule has 0 saturated heterocycles. The van der Waals surface area contributed by atoms with Gasteiger partial charge in [0.15, 0.2) is 0 Å². The van der Waals surface area contributed by atoms with Gasteiger partial charge in [0.05, 0.1) is 27.8 Å². The van der Waals surface area contributed by atoms with Crippen LogP contribution >= 0.6 is 0 Å². The van der Waals surface area contributed by atoms with Crippen LogP contribution in [0.4, 0.5) is 0 Å². The molecule has 0 unspecified atom stereocenters. The maximum atomic E-state index is 2.60. The molecule has 0 amide bonds. The van der Waals surface area contributed by atoms with Crippen LogP contribution in [0.15, 0.2) is 115 Å². The molecule has 2 aromatic heterocycles. The van der Waals surface area contributed by atoms with Crippen LogP contribution in [0.3, 0.4) is 0 Å². The van der Waals surface area contributed by atoms with E-state index in [2.05, 4.69) is 228 Å². The van der Waals surface area contributed by atoms with Crippen molar-refractivity contribution in [1.82, 2.24) is 9.13 Å². The monoisotopic (exact) mass is 779 g/mol. The Labute approximate surface area is 354 Å². The minimum Gasteiger partial charge on any atom is -0.309 e. The first-order chi connectivity index (χ1) is 27.5. The van der Waals surface area contributed by atoms with Crippen molar-refractivity contribution in [3.05, 3.63) is 143 Å². The molecule has 8 aromatic rings. The quantitative estimate of drug-likeness (QED) is 0.165. The van der Waals surface area contributed by atoms with E-state index < -0.39 is 0 Å². The minimum absolute atomic E-state index is 0.0112. The lowest BCUT2D eigenvalue weighted by molar-refractivity contribution is 0.509. The molecule has 0 atom stereocenters. The summed E-state index contributed by atoms with van der Waals surface area (Å²) in [7, 11) is 0. The molecule has 2 heteroatoms. The van der Waals surface area contributed by atoms with Crippen molar-refractivity contribution in [1.29, 1.82) is 0 Å². The van der Waals surface area contributed by atoms with Crippen LogP contribution in [0, 0.1) is 0 Å². The number of benzene rings is 6. The van der Waals surface area contributed by atoms with Crippen molar-refractivity contribution < 1.29 is 0 Å². The van der Waals surface area contributed by atoms with E-state index in [9.17, 15) is 0 Å². The van der Waals surface area contributed by atoms with Gasteiger partial charge in [0.2, 0.25) is 0 Å². The van der Waals surface area contributed by atoms with Gasteiger partial charge in [-0.15, -0.1) is 0 Å². The first kappa shape index (κ1) is 40.7. The van der Waals surface area contributed by atoms with E-state index in [4.69, 9.17) is 0 Å². The number of aromatic nitrogens is 2. The van der Waals surface area contributed by atoms with Gasteiger partial charge in [-0.25, -0.2) is 0 Å². The molecule has 304 valence electrons. The van der Waals surface area contributed by atoms with Gasteiger partial charge in [0.1, 0.15) is 0 Å². The molecule has 0 aliphatic carbocycles. The Hall–Kier alpha value is -5.08. The fourth-order valence-corrected chi connectivity index (χ4v) is 9.15. The van der Waals surface area contributed by atoms with E-state index in [1.165, 1.54) is 93.9 Å². The molecule has 8 rings (SSSR count). The molecule has 0 fully saturated rings. The second-order valence-electron chi connectivity index (χ2n) is 22.1. The number of nitrogens with zero attached hydrogens (tertiary/aromatic N) is 2. The van der Waals surface area contributed by atoms with E-state index in [0.29, 0.717) is 0 Å². The Balaban J connectivity index is 1.60. The molecule has 2 nitrogen and oxygen atoms in total. The van der Waals surface area contributed by atoms with Crippen molar-refractivity contribution in [3.8, 4) is 22.5 Å². The summed E-state index contributed by atoms with van der Waals surface area (Å²) in [6.07, 6.45) is 0.993. The van der Waals surface area contributed by atoms with Crippen LogP contribution in [0.2, 0.25) is 0 Å². The summed E-state index contributed by atoms with van der Waals surface area (Å²) < 4.78 is 5.18. The van der Waals surface area contributed by atoms with Gasteiger partial charge in [-0.1, -0.05) is 165 Å². The largest absolute Gasteiger partial charge is 0.309 e. The number of hydrogen-bond acceptors (Lipinski definition) is 0. The van der Waals surface area contributed by atoms with Crippen LogP contribution in [-0.4, -0.2) is 9.13 Å². The summed E-state index contributed by atoms with van der Waals surface area (Å²) in [5.41, 5.74) is 16.7. The Morgan fingerprint density at radius 2 is 0.898 bits per heavy atom. The first-order valence-electron chi connectivity index (χ1n) is 21.9. The van der Waals surface area contributed by atoms with Gasteiger partial charge in [-0.05, 0) is 127 Å². The van der Waals surface area contributed by atoms with Gasteiger partial charge in [0, 0.05) is 27.2 Å². The normalized spacial score (nSPS) is 13.4. The summed E-state index contributed by atoms with van der Waals surface area (Å²) in [5, 5.41) is 5.30. The second kappa shape index (κ2) is 13.7. The molecule has 0 bridgehead atoms.